The van der Waals surface area contributed by atoms with Crippen LogP contribution in [0.4, 0.5) is 30.4 Å². The van der Waals surface area contributed by atoms with E-state index in [0.717, 1.165) is 0 Å². The molecule has 136 valence electrons. The molecule has 3 rings (SSSR count). The van der Waals surface area contributed by atoms with Gasteiger partial charge in [-0.25, -0.2) is 0 Å². The Hall–Kier alpha value is -2.54. The smallest absolute Gasteiger partial charge is 0.418 e. The van der Waals surface area contributed by atoms with Gasteiger partial charge in [-0.2, -0.15) is 5.26 Å². The molecule has 0 aliphatic heterocycles. The lowest BCUT2D eigenvalue weighted by atomic mass is 10.1. The molecular formula is C16H9BF7NS. The fourth-order valence-electron chi connectivity index (χ4n) is 2.26. The largest absolute Gasteiger partial charge is 0.673 e. The van der Waals surface area contributed by atoms with Crippen LogP contribution in [0.15, 0.2) is 54.6 Å². The SMILES string of the molecule is F[B-](F)(F)F.N#Cc1ccc(-c2cc3ccccc3[s+]2C(F)(F)F)cc1. The number of alkyl halides is 3. The van der Waals surface area contributed by atoms with Crippen LogP contribution in [0.1, 0.15) is 5.56 Å². The number of halogens is 7. The van der Waals surface area contributed by atoms with Gasteiger partial charge in [-0.15, -0.1) is 13.2 Å². The van der Waals surface area contributed by atoms with Gasteiger partial charge in [0.15, 0.2) is 9.58 Å². The van der Waals surface area contributed by atoms with Gasteiger partial charge in [-0.05, 0) is 36.4 Å². The first-order valence-corrected chi connectivity index (χ1v) is 8.23. The molecule has 26 heavy (non-hydrogen) atoms. The highest BCUT2D eigenvalue weighted by Gasteiger charge is 2.48. The molecule has 0 spiro atoms. The van der Waals surface area contributed by atoms with Gasteiger partial charge in [-0.3, -0.25) is 0 Å². The van der Waals surface area contributed by atoms with E-state index < -0.39 is 23.2 Å². The lowest BCUT2D eigenvalue weighted by Gasteiger charge is -2.00. The second-order valence-electron chi connectivity index (χ2n) is 4.98. The maximum Gasteiger partial charge on any atom is 0.673 e. The zero-order valence-electron chi connectivity index (χ0n) is 12.8. The molecule has 0 amide bonds. The van der Waals surface area contributed by atoms with Gasteiger partial charge in [0.2, 0.25) is 0 Å². The normalized spacial score (nSPS) is 12.3. The quantitative estimate of drug-likeness (QED) is 0.251. The van der Waals surface area contributed by atoms with Gasteiger partial charge in [0, 0.05) is 17.0 Å². The molecule has 0 fully saturated rings. The topological polar surface area (TPSA) is 23.8 Å². The first kappa shape index (κ1) is 19.8. The molecule has 1 nitrogen and oxygen atoms in total. The van der Waals surface area contributed by atoms with Crippen LogP contribution in [0.5, 0.6) is 0 Å². The zero-order valence-corrected chi connectivity index (χ0v) is 13.6. The van der Waals surface area contributed by atoms with Crippen LogP contribution >= 0.6 is 10.5 Å². The van der Waals surface area contributed by atoms with Gasteiger partial charge < -0.3 is 17.3 Å². The van der Waals surface area contributed by atoms with Gasteiger partial charge in [-0.1, -0.05) is 12.1 Å². The fourth-order valence-corrected chi connectivity index (χ4v) is 4.19. The van der Waals surface area contributed by atoms with E-state index in [2.05, 4.69) is 0 Å². The summed E-state index contributed by atoms with van der Waals surface area (Å²) in [5.41, 5.74) is -3.38. The van der Waals surface area contributed by atoms with E-state index in [-0.39, 0.29) is 4.88 Å². The lowest BCUT2D eigenvalue weighted by Crippen LogP contribution is -2.02. The van der Waals surface area contributed by atoms with E-state index >= 15 is 0 Å². The van der Waals surface area contributed by atoms with Gasteiger partial charge >= 0.3 is 12.8 Å². The van der Waals surface area contributed by atoms with Gasteiger partial charge in [0.1, 0.15) is 10.5 Å². The summed E-state index contributed by atoms with van der Waals surface area (Å²) in [6, 6.07) is 16.4. The van der Waals surface area contributed by atoms with Gasteiger partial charge in [0.05, 0.1) is 11.6 Å². The molecule has 2 aromatic carbocycles. The average molecular weight is 391 g/mol. The minimum atomic E-state index is -6.00. The fraction of sp³-hybridized carbons (Fsp3) is 0.0625. The summed E-state index contributed by atoms with van der Waals surface area (Å²) in [5.74, 6) is 0. The Morgan fingerprint density at radius 1 is 0.885 bits per heavy atom. The number of fused-ring (bicyclic) bond motifs is 1. The second kappa shape index (κ2) is 7.37. The molecule has 1 unspecified atom stereocenters. The average Bonchev–Trinajstić information content (AvgIpc) is 2.93. The molecule has 0 aliphatic rings. The Morgan fingerprint density at radius 2 is 1.42 bits per heavy atom. The Labute approximate surface area is 146 Å². The Balaban J connectivity index is 0.000000431. The van der Waals surface area contributed by atoms with E-state index in [4.69, 9.17) is 5.26 Å². The number of thiophene rings is 1. The molecule has 1 heterocycles. The summed E-state index contributed by atoms with van der Waals surface area (Å²) < 4.78 is 79.6. The van der Waals surface area contributed by atoms with E-state index in [1.807, 2.05) is 6.07 Å². The van der Waals surface area contributed by atoms with Crippen molar-refractivity contribution >= 4 is 27.8 Å². The molecule has 0 saturated heterocycles. The van der Waals surface area contributed by atoms with Crippen molar-refractivity contribution in [2.24, 2.45) is 0 Å². The third-order valence-electron chi connectivity index (χ3n) is 3.18. The number of hydrogen-bond acceptors (Lipinski definition) is 1. The predicted octanol–water partition coefficient (Wildman–Crippen LogP) is 6.90. The Bertz CT molecular complexity index is 930. The van der Waals surface area contributed by atoms with Crippen molar-refractivity contribution in [1.82, 2.24) is 0 Å². The van der Waals surface area contributed by atoms with Crippen LogP contribution in [0.3, 0.4) is 0 Å². The Kier molecular flexibility index (Phi) is 5.61. The molecular weight excluding hydrogens is 382 g/mol. The summed E-state index contributed by atoms with van der Waals surface area (Å²) in [7, 11) is -7.94. The van der Waals surface area contributed by atoms with E-state index in [1.54, 1.807) is 36.4 Å². The van der Waals surface area contributed by atoms with E-state index in [9.17, 15) is 30.4 Å². The number of rotatable bonds is 1. The monoisotopic (exact) mass is 391 g/mol. The standard InChI is InChI=1S/C16H9F3NS.BF4/c17-16(18,19)21-14-4-2-1-3-13(14)9-15(21)12-7-5-11(10-20)6-8-12;2-1(3,4)5/h1-9H;/q+1;-1. The number of benzene rings is 2. The molecule has 10 heteroatoms. The first-order chi connectivity index (χ1) is 12.0. The van der Waals surface area contributed by atoms with Crippen LogP contribution in [0.2, 0.25) is 0 Å². The van der Waals surface area contributed by atoms with Crippen molar-refractivity contribution in [2.75, 3.05) is 0 Å². The van der Waals surface area contributed by atoms with E-state index in [1.165, 1.54) is 18.2 Å². The molecule has 0 bridgehead atoms. The summed E-state index contributed by atoms with van der Waals surface area (Å²) in [4.78, 5) is 0.258. The number of nitriles is 1. The predicted molar refractivity (Wildman–Crippen MR) is 88.1 cm³/mol. The lowest BCUT2D eigenvalue weighted by molar-refractivity contribution is -0.0864. The van der Waals surface area contributed by atoms with Crippen molar-refractivity contribution in [1.29, 1.82) is 5.26 Å². The molecule has 0 N–H and O–H groups in total. The minimum absolute atomic E-state index is 0.258. The van der Waals surface area contributed by atoms with Crippen LogP contribution in [-0.2, 0) is 5.51 Å². The third kappa shape index (κ3) is 4.99. The maximum atomic E-state index is 13.4. The zero-order chi connectivity index (χ0) is 19.5. The van der Waals surface area contributed by atoms with Crippen LogP contribution < -0.4 is 0 Å². The Morgan fingerprint density at radius 3 is 1.92 bits per heavy atom. The summed E-state index contributed by atoms with van der Waals surface area (Å²) >= 11 is 0. The highest BCUT2D eigenvalue weighted by atomic mass is 32.2. The van der Waals surface area contributed by atoms with Gasteiger partial charge in [0.25, 0.3) is 0 Å². The molecule has 1 aromatic heterocycles. The molecule has 0 radical (unpaired) electrons. The summed E-state index contributed by atoms with van der Waals surface area (Å²) in [6.45, 7) is 0. The van der Waals surface area contributed by atoms with Crippen molar-refractivity contribution in [2.45, 2.75) is 5.51 Å². The highest BCUT2D eigenvalue weighted by Crippen LogP contribution is 2.54. The second-order valence-corrected chi connectivity index (χ2v) is 6.94. The molecule has 1 atom stereocenters. The van der Waals surface area contributed by atoms with E-state index in [0.29, 0.717) is 21.2 Å². The number of nitrogens with zero attached hydrogens (tertiary/aromatic N) is 1. The van der Waals surface area contributed by atoms with Crippen molar-refractivity contribution in [3.63, 3.8) is 0 Å². The summed E-state index contributed by atoms with van der Waals surface area (Å²) in [6.07, 6.45) is 0. The third-order valence-corrected chi connectivity index (χ3v) is 5.24. The number of hydrogen-bond donors (Lipinski definition) is 0. The van der Waals surface area contributed by atoms with Crippen molar-refractivity contribution in [3.8, 4) is 16.5 Å². The van der Waals surface area contributed by atoms with Crippen LogP contribution in [0.25, 0.3) is 20.5 Å². The van der Waals surface area contributed by atoms with Crippen LogP contribution in [-0.4, -0.2) is 7.25 Å². The molecule has 3 aromatic rings. The summed E-state index contributed by atoms with van der Waals surface area (Å²) in [5, 5.41) is 9.38. The van der Waals surface area contributed by atoms with Crippen molar-refractivity contribution in [3.05, 3.63) is 60.2 Å². The highest BCUT2D eigenvalue weighted by molar-refractivity contribution is 7.41. The maximum absolute atomic E-state index is 13.4. The molecule has 0 saturated carbocycles. The van der Waals surface area contributed by atoms with Crippen LogP contribution in [0, 0.1) is 11.3 Å². The van der Waals surface area contributed by atoms with Crippen molar-refractivity contribution < 1.29 is 30.4 Å². The molecule has 0 aliphatic carbocycles. The first-order valence-electron chi connectivity index (χ1n) is 7.00. The minimum Gasteiger partial charge on any atom is -0.418 e.